The van der Waals surface area contributed by atoms with Crippen LogP contribution >= 0.6 is 0 Å². The molecule has 0 aliphatic rings. The number of aromatic nitrogens is 2. The number of aromatic amines is 1. The van der Waals surface area contributed by atoms with Gasteiger partial charge in [0, 0.05) is 12.6 Å². The molecule has 0 bridgehead atoms. The number of benzene rings is 1. The average Bonchev–Trinajstić information content (AvgIpc) is 3.21. The smallest absolute Gasteiger partial charge is 0.326 e. The Bertz CT molecular complexity index is 914. The van der Waals surface area contributed by atoms with Gasteiger partial charge in [0.15, 0.2) is 0 Å². The minimum atomic E-state index is -1.53. The highest BCUT2D eigenvalue weighted by atomic mass is 16.4. The minimum absolute atomic E-state index is 0.0442. The molecule has 31 heavy (non-hydrogen) atoms. The van der Waals surface area contributed by atoms with E-state index in [-0.39, 0.29) is 18.6 Å². The summed E-state index contributed by atoms with van der Waals surface area (Å²) < 4.78 is 0. The van der Waals surface area contributed by atoms with E-state index in [4.69, 9.17) is 10.8 Å². The Morgan fingerprint density at radius 1 is 1.00 bits per heavy atom. The Balaban J connectivity index is 2.03. The fourth-order valence-electron chi connectivity index (χ4n) is 2.73. The Labute approximate surface area is 176 Å². The lowest BCUT2D eigenvalue weighted by molar-refractivity contribution is -0.143. The lowest BCUT2D eigenvalue weighted by atomic mass is 10.0. The van der Waals surface area contributed by atoms with Crippen molar-refractivity contribution in [2.24, 2.45) is 5.73 Å². The van der Waals surface area contributed by atoms with Crippen molar-refractivity contribution >= 4 is 23.8 Å². The molecule has 0 aliphatic heterocycles. The molecule has 2 aromatic rings. The zero-order chi connectivity index (χ0) is 23.0. The van der Waals surface area contributed by atoms with Crippen molar-refractivity contribution in [3.63, 3.8) is 0 Å². The third kappa shape index (κ3) is 7.44. The van der Waals surface area contributed by atoms with Gasteiger partial charge < -0.3 is 36.7 Å². The maximum atomic E-state index is 12.5. The van der Waals surface area contributed by atoms with Gasteiger partial charge in [0.25, 0.3) is 0 Å². The summed E-state index contributed by atoms with van der Waals surface area (Å²) in [6.07, 6.45) is 1.97. The van der Waals surface area contributed by atoms with Crippen LogP contribution < -0.4 is 16.4 Å². The molecule has 8 N–H and O–H groups in total. The van der Waals surface area contributed by atoms with E-state index in [2.05, 4.69) is 20.6 Å². The monoisotopic (exact) mass is 433 g/mol. The summed E-state index contributed by atoms with van der Waals surface area (Å²) in [4.78, 5) is 54.1. The molecule has 0 unspecified atom stereocenters. The van der Waals surface area contributed by atoms with Gasteiger partial charge in [-0.05, 0) is 24.1 Å². The molecule has 0 saturated heterocycles. The quantitative estimate of drug-likeness (QED) is 0.226. The second kappa shape index (κ2) is 10.7. The number of hydrogen-bond donors (Lipinski definition) is 7. The van der Waals surface area contributed by atoms with E-state index >= 15 is 0 Å². The van der Waals surface area contributed by atoms with Crippen molar-refractivity contribution in [2.75, 3.05) is 0 Å². The first-order valence-electron chi connectivity index (χ1n) is 9.22. The normalized spacial score (nSPS) is 13.6. The van der Waals surface area contributed by atoms with Gasteiger partial charge in [-0.15, -0.1) is 0 Å². The first-order chi connectivity index (χ1) is 14.7. The molecule has 0 radical (unpaired) electrons. The summed E-state index contributed by atoms with van der Waals surface area (Å²) >= 11 is 0. The average molecular weight is 433 g/mol. The van der Waals surface area contributed by atoms with Crippen LogP contribution in [0.3, 0.4) is 0 Å². The summed E-state index contributed by atoms with van der Waals surface area (Å²) in [5.41, 5.74) is 6.87. The third-order valence-corrected chi connectivity index (χ3v) is 4.32. The van der Waals surface area contributed by atoms with Crippen LogP contribution in [0.2, 0.25) is 0 Å². The Hall–Kier alpha value is -3.93. The zero-order valence-corrected chi connectivity index (χ0v) is 16.3. The first kappa shape index (κ1) is 23.3. The largest absolute Gasteiger partial charge is 0.508 e. The van der Waals surface area contributed by atoms with Crippen molar-refractivity contribution in [1.82, 2.24) is 20.6 Å². The molecule has 1 aromatic heterocycles. The van der Waals surface area contributed by atoms with Gasteiger partial charge in [0.05, 0.1) is 24.5 Å². The molecular formula is C19H23N5O7. The van der Waals surface area contributed by atoms with Gasteiger partial charge >= 0.3 is 11.9 Å². The number of hydrogen-bond acceptors (Lipinski definition) is 7. The number of H-pyrrole nitrogens is 1. The number of aliphatic carboxylic acids is 2. The number of phenolic OH excluding ortho intramolecular Hbond substituents is 1. The van der Waals surface area contributed by atoms with E-state index in [0.29, 0.717) is 11.3 Å². The highest BCUT2D eigenvalue weighted by molar-refractivity contribution is 5.94. The minimum Gasteiger partial charge on any atom is -0.508 e. The molecule has 0 saturated carbocycles. The van der Waals surface area contributed by atoms with Gasteiger partial charge in [0.1, 0.15) is 17.8 Å². The number of aromatic hydroxyl groups is 1. The summed E-state index contributed by atoms with van der Waals surface area (Å²) in [5, 5.41) is 32.2. The van der Waals surface area contributed by atoms with Crippen molar-refractivity contribution in [3.8, 4) is 5.75 Å². The molecule has 12 heteroatoms. The van der Waals surface area contributed by atoms with E-state index in [1.807, 2.05) is 0 Å². The van der Waals surface area contributed by atoms with Crippen LogP contribution in [0.5, 0.6) is 5.75 Å². The number of carboxylic acids is 2. The molecule has 1 heterocycles. The highest BCUT2D eigenvalue weighted by Gasteiger charge is 2.30. The summed E-state index contributed by atoms with van der Waals surface area (Å²) in [7, 11) is 0. The van der Waals surface area contributed by atoms with E-state index in [1.165, 1.54) is 24.7 Å². The number of imidazole rings is 1. The van der Waals surface area contributed by atoms with Crippen molar-refractivity contribution < 1.29 is 34.5 Å². The maximum absolute atomic E-state index is 12.5. The van der Waals surface area contributed by atoms with Crippen molar-refractivity contribution in [1.29, 1.82) is 0 Å². The van der Waals surface area contributed by atoms with Crippen molar-refractivity contribution in [3.05, 3.63) is 48.0 Å². The number of carbonyl (C=O) groups is 4. The number of phenols is 1. The van der Waals surface area contributed by atoms with Crippen LogP contribution in [0.4, 0.5) is 0 Å². The number of carboxylic acid groups (broad SMARTS) is 2. The number of nitrogens with two attached hydrogens (primary N) is 1. The van der Waals surface area contributed by atoms with Crippen LogP contribution in [0.1, 0.15) is 17.7 Å². The molecule has 0 spiro atoms. The SMILES string of the molecule is N[C@@H](Cc1ccc(O)cc1)C(=O)N[C@@H](CC(=O)O)C(=O)N[C@@H](Cc1c[nH]cn1)C(=O)O. The van der Waals surface area contributed by atoms with E-state index in [1.54, 1.807) is 12.1 Å². The zero-order valence-electron chi connectivity index (χ0n) is 16.3. The van der Waals surface area contributed by atoms with Crippen LogP contribution in [0.25, 0.3) is 0 Å². The Morgan fingerprint density at radius 3 is 2.19 bits per heavy atom. The standard InChI is InChI=1S/C19H23N5O7/c20-13(5-10-1-3-12(25)4-2-10)17(28)23-14(7-16(26)27)18(29)24-15(19(30)31)6-11-8-21-9-22-11/h1-4,8-9,13-15,25H,5-7,20H2,(H,21,22)(H,23,28)(H,24,29)(H,26,27)(H,30,31)/t13-,14-,15-/m0/s1. The third-order valence-electron chi connectivity index (χ3n) is 4.32. The molecular weight excluding hydrogens is 410 g/mol. The number of nitrogens with one attached hydrogen (secondary N) is 3. The number of amides is 2. The lowest BCUT2D eigenvalue weighted by Crippen LogP contribution is -2.55. The second-order valence-electron chi connectivity index (χ2n) is 6.80. The molecule has 1 aromatic carbocycles. The lowest BCUT2D eigenvalue weighted by Gasteiger charge is -2.21. The second-order valence-corrected chi connectivity index (χ2v) is 6.80. The first-order valence-corrected chi connectivity index (χ1v) is 9.22. The van der Waals surface area contributed by atoms with E-state index < -0.39 is 48.3 Å². The van der Waals surface area contributed by atoms with Crippen molar-refractivity contribution in [2.45, 2.75) is 37.4 Å². The molecule has 2 rings (SSSR count). The predicted octanol–water partition coefficient (Wildman–Crippen LogP) is -1.24. The van der Waals surface area contributed by atoms with Crippen LogP contribution in [-0.2, 0) is 32.0 Å². The van der Waals surface area contributed by atoms with E-state index in [9.17, 15) is 29.4 Å². The molecule has 3 atom stereocenters. The highest BCUT2D eigenvalue weighted by Crippen LogP contribution is 2.11. The molecule has 0 fully saturated rings. The Morgan fingerprint density at radius 2 is 1.65 bits per heavy atom. The van der Waals surface area contributed by atoms with Crippen LogP contribution in [-0.4, -0.2) is 67.2 Å². The summed E-state index contributed by atoms with van der Waals surface area (Å²) in [6.45, 7) is 0. The maximum Gasteiger partial charge on any atom is 0.326 e. The van der Waals surface area contributed by atoms with Crippen LogP contribution in [0.15, 0.2) is 36.8 Å². The number of nitrogens with zero attached hydrogens (tertiary/aromatic N) is 1. The number of rotatable bonds is 11. The fraction of sp³-hybridized carbons (Fsp3) is 0.316. The molecule has 166 valence electrons. The topological polar surface area (TPSA) is 208 Å². The van der Waals surface area contributed by atoms with E-state index in [0.717, 1.165) is 0 Å². The molecule has 12 nitrogen and oxygen atoms in total. The summed E-state index contributed by atoms with van der Waals surface area (Å²) in [5.74, 6) is -4.43. The molecule has 0 aliphatic carbocycles. The van der Waals surface area contributed by atoms with Gasteiger partial charge in [-0.25, -0.2) is 9.78 Å². The summed E-state index contributed by atoms with van der Waals surface area (Å²) in [6, 6.07) is 1.96. The Kier molecular flexibility index (Phi) is 8.09. The van der Waals surface area contributed by atoms with Gasteiger partial charge in [-0.2, -0.15) is 0 Å². The fourth-order valence-corrected chi connectivity index (χ4v) is 2.73. The molecule has 2 amide bonds. The predicted molar refractivity (Wildman–Crippen MR) is 106 cm³/mol. The van der Waals surface area contributed by atoms with Crippen LogP contribution in [0, 0.1) is 0 Å². The number of carbonyl (C=O) groups excluding carboxylic acids is 2. The van der Waals surface area contributed by atoms with Gasteiger partial charge in [-0.1, -0.05) is 12.1 Å². The van der Waals surface area contributed by atoms with Gasteiger partial charge in [-0.3, -0.25) is 14.4 Å². The van der Waals surface area contributed by atoms with Gasteiger partial charge in [0.2, 0.25) is 11.8 Å².